The van der Waals surface area contributed by atoms with Crippen molar-refractivity contribution in [3.8, 4) is 6.07 Å². The highest BCUT2D eigenvalue weighted by Gasteiger charge is 2.68. The Morgan fingerprint density at radius 3 is 2.17 bits per heavy atom. The van der Waals surface area contributed by atoms with Crippen LogP contribution in [0, 0.1) is 28.1 Å². The average molecular weight is 559 g/mol. The van der Waals surface area contributed by atoms with Crippen molar-refractivity contribution in [2.24, 2.45) is 16.7 Å². The van der Waals surface area contributed by atoms with Gasteiger partial charge < -0.3 is 29.4 Å². The van der Waals surface area contributed by atoms with Crippen molar-refractivity contribution < 1.29 is 47.3 Å². The summed E-state index contributed by atoms with van der Waals surface area (Å²) in [5.74, 6) is -9.76. The number of methoxy groups -OCH3 is 1. The van der Waals surface area contributed by atoms with Crippen LogP contribution in [0.4, 0.5) is 18.9 Å². The number of anilines is 1. The van der Waals surface area contributed by atoms with Crippen molar-refractivity contribution in [1.29, 1.82) is 5.26 Å². The number of alkyl halides is 3. The number of aliphatic carboxylic acids is 2. The predicted molar refractivity (Wildman–Crippen MR) is 129 cm³/mol. The van der Waals surface area contributed by atoms with Crippen molar-refractivity contribution in [2.45, 2.75) is 45.3 Å². The first-order valence-corrected chi connectivity index (χ1v) is 12.2. The number of hydrogen-bond acceptors (Lipinski definition) is 8. The van der Waals surface area contributed by atoms with Crippen LogP contribution in [0.2, 0.25) is 0 Å². The summed E-state index contributed by atoms with van der Waals surface area (Å²) in [7, 11) is 0.980. The number of rotatable bonds is 7. The Balaban J connectivity index is 2.52. The monoisotopic (exact) mass is 558 g/mol. The Kier molecular flexibility index (Phi) is 8.02. The molecule has 0 spiro atoms. The summed E-state index contributed by atoms with van der Waals surface area (Å²) in [6.45, 7) is 3.64. The molecule has 3 rings (SSSR count). The van der Waals surface area contributed by atoms with Crippen molar-refractivity contribution in [3.05, 3.63) is 65.2 Å². The minimum absolute atomic E-state index is 0.0334. The van der Waals surface area contributed by atoms with Crippen LogP contribution in [0.3, 0.4) is 0 Å². The number of carbonyl (C=O) groups excluding carboxylic acids is 4. The lowest BCUT2D eigenvalue weighted by atomic mass is 9.48. The summed E-state index contributed by atoms with van der Waals surface area (Å²) in [5, 5.41) is 35.5. The van der Waals surface area contributed by atoms with Gasteiger partial charge in [0.25, 0.3) is 0 Å². The van der Waals surface area contributed by atoms with Crippen LogP contribution in [-0.4, -0.2) is 37.0 Å². The van der Waals surface area contributed by atoms with Crippen molar-refractivity contribution in [2.75, 3.05) is 12.0 Å². The van der Waals surface area contributed by atoms with E-state index in [-0.39, 0.29) is 11.1 Å². The molecule has 0 saturated carbocycles. The summed E-state index contributed by atoms with van der Waals surface area (Å²) in [4.78, 5) is 54.1. The van der Waals surface area contributed by atoms with Gasteiger partial charge in [-0.25, -0.2) is 0 Å². The van der Waals surface area contributed by atoms with Gasteiger partial charge in [-0.05, 0) is 49.2 Å². The fourth-order valence-corrected chi connectivity index (χ4v) is 6.01. The lowest BCUT2D eigenvalue weighted by Gasteiger charge is -2.62. The van der Waals surface area contributed by atoms with E-state index >= 15 is 0 Å². The molecule has 0 aliphatic carbocycles. The maximum atomic E-state index is 14.2. The Morgan fingerprint density at radius 1 is 1.12 bits per heavy atom. The summed E-state index contributed by atoms with van der Waals surface area (Å²) < 4.78 is 45.6. The van der Waals surface area contributed by atoms with Crippen LogP contribution in [0.25, 0.3) is 0 Å². The molecule has 9 nitrogen and oxygen atoms in total. The quantitative estimate of drug-likeness (QED) is 0.369. The van der Waals surface area contributed by atoms with E-state index in [0.717, 1.165) is 32.2 Å². The van der Waals surface area contributed by atoms with E-state index in [4.69, 9.17) is 4.74 Å². The summed E-state index contributed by atoms with van der Waals surface area (Å²) in [6.07, 6.45) is -5.41. The van der Waals surface area contributed by atoms with Crippen LogP contribution in [-0.2, 0) is 30.1 Å². The number of hydrogen-bond donors (Lipinski definition) is 0. The van der Waals surface area contributed by atoms with Crippen LogP contribution < -0.4 is 15.1 Å². The molecule has 212 valence electrons. The summed E-state index contributed by atoms with van der Waals surface area (Å²) in [6, 6.07) is 8.74. The Hall–Kier alpha value is -4.40. The van der Waals surface area contributed by atoms with E-state index in [1.807, 2.05) is 6.07 Å². The number of carbonyl (C=O) groups is 4. The van der Waals surface area contributed by atoms with Gasteiger partial charge in [-0.2, -0.15) is 18.4 Å². The Labute approximate surface area is 227 Å². The highest BCUT2D eigenvalue weighted by atomic mass is 19.4. The molecular formula is C28H25F3N2O7-2. The third kappa shape index (κ3) is 4.35. The fourth-order valence-electron chi connectivity index (χ4n) is 6.01. The van der Waals surface area contributed by atoms with Gasteiger partial charge in [-0.15, -0.1) is 0 Å². The molecule has 12 heteroatoms. The normalized spacial score (nSPS) is 25.6. The van der Waals surface area contributed by atoms with Gasteiger partial charge in [0.15, 0.2) is 0 Å². The first-order chi connectivity index (χ1) is 18.7. The number of ether oxygens (including phenoxy) is 1. The number of carboxylic acid groups (broad SMARTS) is 2. The van der Waals surface area contributed by atoms with Gasteiger partial charge in [0, 0.05) is 17.6 Å². The summed E-state index contributed by atoms with van der Waals surface area (Å²) >= 11 is 0. The van der Waals surface area contributed by atoms with E-state index < -0.39 is 76.4 Å². The van der Waals surface area contributed by atoms with Gasteiger partial charge >= 0.3 is 12.1 Å². The molecular weight excluding hydrogens is 533 g/mol. The van der Waals surface area contributed by atoms with Gasteiger partial charge in [-0.1, -0.05) is 32.0 Å². The number of piperidine rings is 1. The molecule has 2 aromatic rings. The van der Waals surface area contributed by atoms with E-state index in [9.17, 15) is 47.8 Å². The van der Waals surface area contributed by atoms with Crippen LogP contribution in [0.5, 0.6) is 0 Å². The molecule has 1 aliphatic rings. The molecule has 0 N–H and O–H groups in total. The zero-order valence-corrected chi connectivity index (χ0v) is 21.9. The molecule has 1 fully saturated rings. The first kappa shape index (κ1) is 30.1. The molecule has 5 atom stereocenters. The van der Waals surface area contributed by atoms with Crippen LogP contribution in [0.1, 0.15) is 49.8 Å². The predicted octanol–water partition coefficient (Wildman–Crippen LogP) is 1.79. The summed E-state index contributed by atoms with van der Waals surface area (Å²) in [5.41, 5.74) is -6.77. The SMILES string of the molecule is CCC1(C(=O)[O-])C(=O)N(c2cccc(C(F)(F)F)c2)C(C)C(C(=O)[O-])([C@@H](C)C(=O)OC)C1c1ccc(C#N)cc1. The third-order valence-corrected chi connectivity index (χ3v) is 8.02. The average Bonchev–Trinajstić information content (AvgIpc) is 2.91. The zero-order chi connectivity index (χ0) is 30.2. The molecule has 1 saturated heterocycles. The topological polar surface area (TPSA) is 151 Å². The maximum absolute atomic E-state index is 14.2. The number of esters is 1. The van der Waals surface area contributed by atoms with E-state index in [0.29, 0.717) is 11.0 Å². The lowest BCUT2D eigenvalue weighted by molar-refractivity contribution is -0.333. The lowest BCUT2D eigenvalue weighted by Crippen LogP contribution is -2.75. The number of benzene rings is 2. The van der Waals surface area contributed by atoms with Gasteiger partial charge in [0.2, 0.25) is 5.91 Å². The molecule has 1 heterocycles. The highest BCUT2D eigenvalue weighted by molar-refractivity contribution is 6.13. The molecule has 0 aromatic heterocycles. The largest absolute Gasteiger partial charge is 0.549 e. The van der Waals surface area contributed by atoms with Crippen molar-refractivity contribution in [1.82, 2.24) is 0 Å². The zero-order valence-electron chi connectivity index (χ0n) is 21.9. The molecule has 4 unspecified atom stereocenters. The van der Waals surface area contributed by atoms with Crippen LogP contribution in [0.15, 0.2) is 48.5 Å². The Bertz CT molecular complexity index is 1390. The highest BCUT2D eigenvalue weighted by Crippen LogP contribution is 2.61. The minimum atomic E-state index is -4.84. The van der Waals surface area contributed by atoms with E-state index in [2.05, 4.69) is 0 Å². The molecule has 1 amide bonds. The van der Waals surface area contributed by atoms with E-state index in [1.54, 1.807) is 0 Å². The first-order valence-electron chi connectivity index (χ1n) is 12.2. The molecule has 0 radical (unpaired) electrons. The van der Waals surface area contributed by atoms with E-state index in [1.165, 1.54) is 38.1 Å². The number of amides is 1. The molecule has 2 aromatic carbocycles. The second kappa shape index (κ2) is 10.6. The van der Waals surface area contributed by atoms with Crippen molar-refractivity contribution >= 4 is 29.5 Å². The Morgan fingerprint density at radius 2 is 1.73 bits per heavy atom. The smallest absolute Gasteiger partial charge is 0.416 e. The standard InChI is InChI=1S/C28H27F3N2O7/c1-5-26(24(36)37)21(18-11-9-17(14-32)10-12-18)27(25(38)39,15(2)22(34)40-4)16(3)33(23(26)35)20-8-6-7-19(13-20)28(29,30)31/h6-13,15-16,21H,5H2,1-4H3,(H,36,37)(H,38,39)/p-2/t15-,16?,21?,26?,27?/m0/s1. The number of carboxylic acids is 2. The second-order valence-corrected chi connectivity index (χ2v) is 9.64. The van der Waals surface area contributed by atoms with Crippen LogP contribution >= 0.6 is 0 Å². The van der Waals surface area contributed by atoms with Gasteiger partial charge in [0.05, 0.1) is 53.0 Å². The molecule has 40 heavy (non-hydrogen) atoms. The molecule has 1 aliphatic heterocycles. The minimum Gasteiger partial charge on any atom is -0.549 e. The second-order valence-electron chi connectivity index (χ2n) is 9.64. The molecule has 0 bridgehead atoms. The fraction of sp³-hybridized carbons (Fsp3) is 0.393. The maximum Gasteiger partial charge on any atom is 0.416 e. The third-order valence-electron chi connectivity index (χ3n) is 8.02. The number of nitriles is 1. The number of nitrogens with zero attached hydrogens (tertiary/aromatic N) is 2. The van der Waals surface area contributed by atoms with Crippen molar-refractivity contribution in [3.63, 3.8) is 0 Å². The van der Waals surface area contributed by atoms with Gasteiger partial charge in [-0.3, -0.25) is 9.59 Å². The number of halogens is 3. The van der Waals surface area contributed by atoms with Gasteiger partial charge in [0.1, 0.15) is 0 Å².